The van der Waals surface area contributed by atoms with Crippen molar-refractivity contribution in [1.82, 2.24) is 5.32 Å². The zero-order chi connectivity index (χ0) is 14.6. The highest BCUT2D eigenvalue weighted by atomic mass is 16.5. The van der Waals surface area contributed by atoms with Gasteiger partial charge in [0.15, 0.2) is 0 Å². The van der Waals surface area contributed by atoms with E-state index in [9.17, 15) is 5.11 Å². The average molecular weight is 275 g/mol. The van der Waals surface area contributed by atoms with Crippen LogP contribution in [0.25, 0.3) is 0 Å². The molecule has 20 heavy (non-hydrogen) atoms. The van der Waals surface area contributed by atoms with E-state index in [1.165, 1.54) is 0 Å². The van der Waals surface area contributed by atoms with Gasteiger partial charge in [0.05, 0.1) is 12.1 Å². The van der Waals surface area contributed by atoms with Crippen molar-refractivity contribution in [2.75, 3.05) is 26.0 Å². The molecule has 0 heterocycles. The predicted octanol–water partition coefficient (Wildman–Crippen LogP) is 1.21. The van der Waals surface area contributed by atoms with Gasteiger partial charge in [0.1, 0.15) is 5.75 Å². The summed E-state index contributed by atoms with van der Waals surface area (Å²) in [5.74, 6) is 0.163. The molecule has 0 amide bonds. The Morgan fingerprint density at radius 1 is 1.45 bits per heavy atom. The molecule has 0 fully saturated rings. The first-order valence-corrected chi connectivity index (χ1v) is 6.55. The summed E-state index contributed by atoms with van der Waals surface area (Å²) in [7, 11) is 1.67. The molecule has 0 saturated carbocycles. The molecule has 1 aliphatic rings. The van der Waals surface area contributed by atoms with Gasteiger partial charge >= 0.3 is 0 Å². The Labute approximate surface area is 118 Å². The number of phenolic OH excluding ortho intramolecular Hbond substituents is 1. The highest BCUT2D eigenvalue weighted by molar-refractivity contribution is 5.52. The Morgan fingerprint density at radius 3 is 2.90 bits per heavy atom. The van der Waals surface area contributed by atoms with Crippen molar-refractivity contribution in [3.63, 3.8) is 0 Å². The lowest BCUT2D eigenvalue weighted by Gasteiger charge is -2.29. The van der Waals surface area contributed by atoms with Crippen molar-refractivity contribution in [3.05, 3.63) is 47.7 Å². The van der Waals surface area contributed by atoms with E-state index in [-0.39, 0.29) is 5.75 Å². The number of phenols is 1. The van der Waals surface area contributed by atoms with Crippen molar-refractivity contribution in [1.29, 1.82) is 0 Å². The van der Waals surface area contributed by atoms with Crippen molar-refractivity contribution in [2.24, 2.45) is 5.73 Å². The Morgan fingerprint density at radius 2 is 2.25 bits per heavy atom. The normalized spacial score (nSPS) is 21.6. The summed E-state index contributed by atoms with van der Waals surface area (Å²) in [5.41, 5.74) is 13.6. The van der Waals surface area contributed by atoms with Gasteiger partial charge in [-0.25, -0.2) is 0 Å². The molecule has 0 spiro atoms. The third-order valence-corrected chi connectivity index (χ3v) is 3.38. The zero-order valence-corrected chi connectivity index (χ0v) is 11.6. The molecule has 6 N–H and O–H groups in total. The van der Waals surface area contributed by atoms with E-state index in [1.807, 2.05) is 18.2 Å². The number of methoxy groups -OCH3 is 1. The highest BCUT2D eigenvalue weighted by Gasteiger charge is 2.28. The smallest absolute Gasteiger partial charge is 0.121 e. The fraction of sp³-hybridized carbons (Fsp3) is 0.333. The van der Waals surface area contributed by atoms with E-state index in [0.29, 0.717) is 24.3 Å². The molecule has 1 aliphatic carbocycles. The van der Waals surface area contributed by atoms with Crippen LogP contribution >= 0.6 is 0 Å². The molecular formula is C15H21N3O2. The first kappa shape index (κ1) is 14.4. The number of nitrogens with two attached hydrogens (primary N) is 2. The minimum absolute atomic E-state index is 0.163. The number of nitrogens with one attached hydrogen (secondary N) is 1. The molecular weight excluding hydrogens is 254 g/mol. The van der Waals surface area contributed by atoms with Crippen LogP contribution in [0, 0.1) is 0 Å². The van der Waals surface area contributed by atoms with Gasteiger partial charge in [-0.1, -0.05) is 12.2 Å². The number of nitrogen functional groups attached to an aromatic ring is 1. The van der Waals surface area contributed by atoms with E-state index in [4.69, 9.17) is 16.2 Å². The SMILES string of the molecule is COCCNC1=CCC(N)(c2cc(N)ccc2O)C=C1. The van der Waals surface area contributed by atoms with Crippen molar-refractivity contribution < 1.29 is 9.84 Å². The molecule has 2 rings (SSSR count). The third kappa shape index (κ3) is 3.12. The molecule has 5 nitrogen and oxygen atoms in total. The van der Waals surface area contributed by atoms with Crippen LogP contribution in [0.2, 0.25) is 0 Å². The second-order valence-electron chi connectivity index (χ2n) is 4.93. The van der Waals surface area contributed by atoms with Gasteiger partial charge in [-0.2, -0.15) is 0 Å². The predicted molar refractivity (Wildman–Crippen MR) is 80.1 cm³/mol. The minimum Gasteiger partial charge on any atom is -0.508 e. The molecule has 5 heteroatoms. The fourth-order valence-electron chi connectivity index (χ4n) is 2.21. The quantitative estimate of drug-likeness (QED) is 0.368. The Bertz CT molecular complexity index is 540. The van der Waals surface area contributed by atoms with E-state index in [2.05, 4.69) is 5.32 Å². The maximum Gasteiger partial charge on any atom is 0.121 e. The van der Waals surface area contributed by atoms with Crippen LogP contribution < -0.4 is 16.8 Å². The van der Waals surface area contributed by atoms with Crippen molar-refractivity contribution >= 4 is 5.69 Å². The second-order valence-corrected chi connectivity index (χ2v) is 4.93. The summed E-state index contributed by atoms with van der Waals surface area (Å²) < 4.78 is 4.99. The minimum atomic E-state index is -0.730. The molecule has 0 saturated heterocycles. The molecule has 0 aromatic heterocycles. The van der Waals surface area contributed by atoms with Crippen LogP contribution in [-0.4, -0.2) is 25.4 Å². The Hall–Kier alpha value is -1.98. The molecule has 1 aromatic rings. The van der Waals surface area contributed by atoms with Crippen LogP contribution in [0.5, 0.6) is 5.75 Å². The zero-order valence-electron chi connectivity index (χ0n) is 11.6. The summed E-state index contributed by atoms with van der Waals surface area (Å²) >= 11 is 0. The first-order valence-electron chi connectivity index (χ1n) is 6.55. The highest BCUT2D eigenvalue weighted by Crippen LogP contribution is 2.35. The molecule has 108 valence electrons. The van der Waals surface area contributed by atoms with E-state index in [1.54, 1.807) is 25.3 Å². The maximum atomic E-state index is 9.97. The van der Waals surface area contributed by atoms with E-state index >= 15 is 0 Å². The summed E-state index contributed by atoms with van der Waals surface area (Å²) in [6.45, 7) is 1.39. The molecule has 1 unspecified atom stereocenters. The van der Waals surface area contributed by atoms with Crippen molar-refractivity contribution in [3.8, 4) is 5.75 Å². The summed E-state index contributed by atoms with van der Waals surface area (Å²) in [6.07, 6.45) is 6.41. The number of anilines is 1. The van der Waals surface area contributed by atoms with Gasteiger partial charge in [-0.05, 0) is 30.7 Å². The molecule has 0 bridgehead atoms. The summed E-state index contributed by atoms with van der Waals surface area (Å²) in [5, 5.41) is 13.2. The van der Waals surface area contributed by atoms with Crippen LogP contribution in [-0.2, 0) is 10.3 Å². The summed E-state index contributed by atoms with van der Waals surface area (Å²) in [4.78, 5) is 0. The van der Waals surface area contributed by atoms with Crippen LogP contribution in [0.3, 0.4) is 0 Å². The first-order chi connectivity index (χ1) is 9.55. The topological polar surface area (TPSA) is 93.5 Å². The lowest BCUT2D eigenvalue weighted by atomic mass is 9.83. The second kappa shape index (κ2) is 5.98. The largest absolute Gasteiger partial charge is 0.508 e. The number of ether oxygens (including phenoxy) is 1. The maximum absolute atomic E-state index is 9.97. The van der Waals surface area contributed by atoms with Gasteiger partial charge in [-0.3, -0.25) is 0 Å². The lowest BCUT2D eigenvalue weighted by Crippen LogP contribution is -2.36. The molecule has 0 radical (unpaired) electrons. The third-order valence-electron chi connectivity index (χ3n) is 3.38. The van der Waals surface area contributed by atoms with Crippen LogP contribution in [0.1, 0.15) is 12.0 Å². The number of hydrogen-bond donors (Lipinski definition) is 4. The van der Waals surface area contributed by atoms with Crippen molar-refractivity contribution in [2.45, 2.75) is 12.0 Å². The molecule has 1 aromatic carbocycles. The molecule has 1 atom stereocenters. The molecule has 0 aliphatic heterocycles. The number of rotatable bonds is 5. The Kier molecular flexibility index (Phi) is 4.32. The average Bonchev–Trinajstić information content (AvgIpc) is 2.44. The Balaban J connectivity index is 2.11. The number of allylic oxidation sites excluding steroid dienone is 1. The van der Waals surface area contributed by atoms with Gasteiger partial charge in [0.2, 0.25) is 0 Å². The number of benzene rings is 1. The standard InChI is InChI=1S/C15H21N3O2/c1-20-9-8-18-12-4-6-15(17,7-5-12)13-10-11(16)2-3-14(13)19/h2-6,10,18-19H,7-9,16-17H2,1H3. The van der Waals surface area contributed by atoms with Crippen LogP contribution in [0.4, 0.5) is 5.69 Å². The van der Waals surface area contributed by atoms with Gasteiger partial charge in [-0.15, -0.1) is 0 Å². The van der Waals surface area contributed by atoms with Gasteiger partial charge in [0.25, 0.3) is 0 Å². The number of hydrogen-bond acceptors (Lipinski definition) is 5. The monoisotopic (exact) mass is 275 g/mol. The van der Waals surface area contributed by atoms with E-state index in [0.717, 1.165) is 12.2 Å². The number of aromatic hydroxyl groups is 1. The van der Waals surface area contributed by atoms with E-state index < -0.39 is 5.54 Å². The van der Waals surface area contributed by atoms with Gasteiger partial charge < -0.3 is 26.6 Å². The van der Waals surface area contributed by atoms with Crippen LogP contribution in [0.15, 0.2) is 42.1 Å². The fourth-order valence-corrected chi connectivity index (χ4v) is 2.21. The summed E-state index contributed by atoms with van der Waals surface area (Å²) in [6, 6.07) is 4.95. The lowest BCUT2D eigenvalue weighted by molar-refractivity contribution is 0.202. The van der Waals surface area contributed by atoms with Gasteiger partial charge in [0, 0.05) is 30.6 Å².